The molecule has 2 aromatic carbocycles. The van der Waals surface area contributed by atoms with E-state index in [1.165, 1.54) is 18.2 Å². The number of anilines is 2. The summed E-state index contributed by atoms with van der Waals surface area (Å²) in [6, 6.07) is 13.1. The molecule has 6 heteroatoms. The van der Waals surface area contributed by atoms with Crippen LogP contribution in [0.15, 0.2) is 53.5 Å². The molecule has 1 atom stereocenters. The van der Waals surface area contributed by atoms with Gasteiger partial charge in [-0.1, -0.05) is 24.3 Å². The highest BCUT2D eigenvalue weighted by molar-refractivity contribution is 6.34. The van der Waals surface area contributed by atoms with E-state index in [1.54, 1.807) is 30.3 Å². The van der Waals surface area contributed by atoms with Crippen LogP contribution in [0.1, 0.15) is 0 Å². The number of carbonyl (C=O) groups excluding carboxylic acids is 2. The first-order valence-corrected chi connectivity index (χ1v) is 7.16. The zero-order chi connectivity index (χ0) is 16.0. The number of aliphatic imine (C=N–C) groups is 1. The number of urea groups is 1. The van der Waals surface area contributed by atoms with Gasteiger partial charge < -0.3 is 4.74 Å². The minimum Gasteiger partial charge on any atom is -0.495 e. The van der Waals surface area contributed by atoms with Gasteiger partial charge in [-0.15, -0.1) is 0 Å². The van der Waals surface area contributed by atoms with Crippen molar-refractivity contribution in [3.8, 4) is 5.75 Å². The van der Waals surface area contributed by atoms with Gasteiger partial charge in [-0.2, -0.15) is 0 Å². The number of para-hydroxylation sites is 4. The van der Waals surface area contributed by atoms with Crippen LogP contribution in [-0.2, 0) is 4.79 Å². The number of methoxy groups -OCH3 is 1. The fraction of sp³-hybridized carbons (Fsp3) is 0.118. The van der Waals surface area contributed by atoms with Gasteiger partial charge in [-0.05, 0) is 24.3 Å². The highest BCUT2D eigenvalue weighted by Crippen LogP contribution is 2.40. The summed E-state index contributed by atoms with van der Waals surface area (Å²) in [6.45, 7) is 0. The normalized spacial score (nSPS) is 18.9. The summed E-state index contributed by atoms with van der Waals surface area (Å²) in [5, 5.41) is 0. The van der Waals surface area contributed by atoms with Crippen molar-refractivity contribution in [3.05, 3.63) is 48.5 Å². The lowest BCUT2D eigenvalue weighted by atomic mass is 10.1. The third-order valence-electron chi connectivity index (χ3n) is 3.97. The number of imide groups is 1. The zero-order valence-electron chi connectivity index (χ0n) is 12.3. The topological polar surface area (TPSA) is 62.2 Å². The second-order valence-electron chi connectivity index (χ2n) is 5.21. The molecule has 0 aliphatic carbocycles. The molecule has 2 heterocycles. The van der Waals surface area contributed by atoms with Crippen LogP contribution in [0.3, 0.4) is 0 Å². The first-order valence-electron chi connectivity index (χ1n) is 7.16. The van der Waals surface area contributed by atoms with E-state index < -0.39 is 12.1 Å². The van der Waals surface area contributed by atoms with Crippen LogP contribution in [0.25, 0.3) is 0 Å². The Morgan fingerprint density at radius 3 is 2.48 bits per heavy atom. The molecule has 0 bridgehead atoms. The summed E-state index contributed by atoms with van der Waals surface area (Å²) in [4.78, 5) is 32.6. The number of carbonyl (C=O) groups is 2. The van der Waals surface area contributed by atoms with E-state index in [1.807, 2.05) is 18.2 Å². The van der Waals surface area contributed by atoms with Gasteiger partial charge in [0.15, 0.2) is 6.04 Å². The van der Waals surface area contributed by atoms with Gasteiger partial charge in [0.05, 0.1) is 24.2 Å². The number of fused-ring (bicyclic) bond motifs is 3. The minimum atomic E-state index is -0.720. The average Bonchev–Trinajstić information content (AvgIpc) is 2.86. The monoisotopic (exact) mass is 307 g/mol. The maximum absolute atomic E-state index is 12.9. The molecule has 23 heavy (non-hydrogen) atoms. The van der Waals surface area contributed by atoms with Gasteiger partial charge >= 0.3 is 6.03 Å². The molecule has 3 amide bonds. The highest BCUT2D eigenvalue weighted by atomic mass is 16.5. The zero-order valence-corrected chi connectivity index (χ0v) is 12.3. The smallest absolute Gasteiger partial charge is 0.337 e. The van der Waals surface area contributed by atoms with Crippen LogP contribution in [0.5, 0.6) is 5.75 Å². The van der Waals surface area contributed by atoms with E-state index in [-0.39, 0.29) is 5.91 Å². The number of nitrogens with zero attached hydrogens (tertiary/aromatic N) is 3. The lowest BCUT2D eigenvalue weighted by molar-refractivity contribution is -0.116. The van der Waals surface area contributed by atoms with Crippen LogP contribution in [0.4, 0.5) is 21.9 Å². The predicted octanol–water partition coefficient (Wildman–Crippen LogP) is 2.75. The number of amides is 3. The Hall–Kier alpha value is -3.15. The second-order valence-corrected chi connectivity index (χ2v) is 5.21. The molecule has 2 aromatic rings. The number of ether oxygens (including phenoxy) is 1. The van der Waals surface area contributed by atoms with Crippen molar-refractivity contribution in [1.82, 2.24) is 0 Å². The number of rotatable bonds is 2. The fourth-order valence-corrected chi connectivity index (χ4v) is 2.91. The van der Waals surface area contributed by atoms with E-state index in [0.717, 1.165) is 4.90 Å². The minimum absolute atomic E-state index is 0.335. The maximum atomic E-state index is 12.9. The summed E-state index contributed by atoms with van der Waals surface area (Å²) < 4.78 is 5.28. The Labute approximate surface area is 132 Å². The molecular weight excluding hydrogens is 294 g/mol. The standard InChI is InChI=1S/C17H13N3O3/c1-23-15-9-5-4-8-13(15)20-16(21)14-10-18-11-6-2-3-7-12(11)19(14)17(20)22/h2-10,14H,1H3. The highest BCUT2D eigenvalue weighted by Gasteiger charge is 2.48. The largest absolute Gasteiger partial charge is 0.495 e. The van der Waals surface area contributed by atoms with Crippen LogP contribution < -0.4 is 14.5 Å². The number of benzene rings is 2. The molecule has 114 valence electrons. The molecule has 0 spiro atoms. The molecule has 4 rings (SSSR count). The first kappa shape index (κ1) is 13.5. The van der Waals surface area contributed by atoms with Crippen LogP contribution in [0.2, 0.25) is 0 Å². The third kappa shape index (κ3) is 1.85. The lowest BCUT2D eigenvalue weighted by Gasteiger charge is -2.24. The van der Waals surface area contributed by atoms with Crippen molar-refractivity contribution in [2.24, 2.45) is 4.99 Å². The SMILES string of the molecule is COc1ccccc1N1C(=O)C2C=Nc3ccccc3N2C1=O. The van der Waals surface area contributed by atoms with Crippen molar-refractivity contribution < 1.29 is 14.3 Å². The summed E-state index contributed by atoms with van der Waals surface area (Å²) in [6.07, 6.45) is 1.51. The number of hydrogen-bond acceptors (Lipinski definition) is 4. The van der Waals surface area contributed by atoms with Gasteiger partial charge in [0.25, 0.3) is 5.91 Å². The Kier molecular flexibility index (Phi) is 2.90. The Balaban J connectivity index is 1.84. The van der Waals surface area contributed by atoms with Gasteiger partial charge in [0.2, 0.25) is 0 Å². The van der Waals surface area contributed by atoms with Crippen molar-refractivity contribution in [3.63, 3.8) is 0 Å². The molecule has 2 aliphatic heterocycles. The van der Waals surface area contributed by atoms with Crippen molar-refractivity contribution in [2.75, 3.05) is 16.9 Å². The van der Waals surface area contributed by atoms with E-state index in [0.29, 0.717) is 22.8 Å². The first-order chi connectivity index (χ1) is 11.2. The van der Waals surface area contributed by atoms with Crippen molar-refractivity contribution in [2.45, 2.75) is 6.04 Å². The molecular formula is C17H13N3O3. The fourth-order valence-electron chi connectivity index (χ4n) is 2.91. The summed E-state index contributed by atoms with van der Waals surface area (Å²) >= 11 is 0. The van der Waals surface area contributed by atoms with Gasteiger partial charge in [0, 0.05) is 6.21 Å². The second kappa shape index (κ2) is 4.95. The Morgan fingerprint density at radius 1 is 1.00 bits per heavy atom. The number of hydrogen-bond donors (Lipinski definition) is 0. The van der Waals surface area contributed by atoms with E-state index in [4.69, 9.17) is 4.74 Å². The summed E-state index contributed by atoms with van der Waals surface area (Å²) in [5.41, 5.74) is 1.74. The van der Waals surface area contributed by atoms with Gasteiger partial charge in [-0.3, -0.25) is 14.7 Å². The molecule has 6 nitrogen and oxygen atoms in total. The van der Waals surface area contributed by atoms with E-state index >= 15 is 0 Å². The van der Waals surface area contributed by atoms with Crippen LogP contribution >= 0.6 is 0 Å². The summed E-state index contributed by atoms with van der Waals surface area (Å²) in [7, 11) is 1.51. The average molecular weight is 307 g/mol. The Bertz CT molecular complexity index is 846. The quantitative estimate of drug-likeness (QED) is 0.801. The van der Waals surface area contributed by atoms with Crippen LogP contribution in [0, 0.1) is 0 Å². The molecule has 1 saturated heterocycles. The molecule has 0 radical (unpaired) electrons. The molecule has 2 aliphatic rings. The van der Waals surface area contributed by atoms with Crippen LogP contribution in [-0.4, -0.2) is 31.3 Å². The van der Waals surface area contributed by atoms with Gasteiger partial charge in [0.1, 0.15) is 5.75 Å². The van der Waals surface area contributed by atoms with Gasteiger partial charge in [-0.25, -0.2) is 9.69 Å². The third-order valence-corrected chi connectivity index (χ3v) is 3.97. The predicted molar refractivity (Wildman–Crippen MR) is 86.7 cm³/mol. The maximum Gasteiger partial charge on any atom is 0.337 e. The van der Waals surface area contributed by atoms with Crippen molar-refractivity contribution in [1.29, 1.82) is 0 Å². The van der Waals surface area contributed by atoms with E-state index in [2.05, 4.69) is 4.99 Å². The molecule has 1 fully saturated rings. The van der Waals surface area contributed by atoms with E-state index in [9.17, 15) is 9.59 Å². The molecule has 0 saturated carbocycles. The van der Waals surface area contributed by atoms with Crippen molar-refractivity contribution >= 4 is 35.2 Å². The molecule has 0 aromatic heterocycles. The summed E-state index contributed by atoms with van der Waals surface area (Å²) in [5.74, 6) is 0.136. The molecule has 0 N–H and O–H groups in total. The Morgan fingerprint density at radius 2 is 1.70 bits per heavy atom. The lowest BCUT2D eigenvalue weighted by Crippen LogP contribution is -2.38. The molecule has 1 unspecified atom stereocenters.